The molecule has 1 aromatic rings. The van der Waals surface area contributed by atoms with Gasteiger partial charge in [0.05, 0.1) is 0 Å². The first-order valence-electron chi connectivity index (χ1n) is 7.27. The summed E-state index contributed by atoms with van der Waals surface area (Å²) in [6.07, 6.45) is 1.99. The van der Waals surface area contributed by atoms with Gasteiger partial charge in [-0.05, 0) is 42.5 Å². The lowest BCUT2D eigenvalue weighted by molar-refractivity contribution is 0.551. The minimum Gasteiger partial charge on any atom is -0.359 e. The van der Waals surface area contributed by atoms with Crippen molar-refractivity contribution in [3.63, 3.8) is 0 Å². The Morgan fingerprint density at radius 1 is 1.21 bits per heavy atom. The molecule has 0 saturated heterocycles. The molecule has 0 amide bonds. The fourth-order valence-corrected chi connectivity index (χ4v) is 2.26. The molecule has 1 N–H and O–H groups in total. The van der Waals surface area contributed by atoms with Gasteiger partial charge in [0.1, 0.15) is 5.82 Å². The number of nitrogens with zero attached hydrogens (tertiary/aromatic N) is 2. The van der Waals surface area contributed by atoms with E-state index in [2.05, 4.69) is 62.9 Å². The number of aryl methyl sites for hydroxylation is 1. The second kappa shape index (κ2) is 7.49. The number of pyridine rings is 1. The second-order valence-corrected chi connectivity index (χ2v) is 6.28. The third kappa shape index (κ3) is 5.60. The highest BCUT2D eigenvalue weighted by atomic mass is 15.2. The largest absolute Gasteiger partial charge is 0.359 e. The lowest BCUT2D eigenvalue weighted by Gasteiger charge is -2.22. The average Bonchev–Trinajstić information content (AvgIpc) is 2.27. The van der Waals surface area contributed by atoms with Crippen LogP contribution in [0.1, 0.15) is 38.8 Å². The molecular weight excluding hydrogens is 234 g/mol. The van der Waals surface area contributed by atoms with E-state index in [1.807, 2.05) is 6.20 Å². The molecule has 0 bridgehead atoms. The Morgan fingerprint density at radius 3 is 2.42 bits per heavy atom. The lowest BCUT2D eigenvalue weighted by atomic mass is 10.1. The quantitative estimate of drug-likeness (QED) is 0.818. The van der Waals surface area contributed by atoms with Crippen LogP contribution in [0.4, 0.5) is 5.82 Å². The Kier molecular flexibility index (Phi) is 6.29. The number of aromatic nitrogens is 1. The van der Waals surface area contributed by atoms with Gasteiger partial charge in [-0.15, -0.1) is 0 Å². The summed E-state index contributed by atoms with van der Waals surface area (Å²) < 4.78 is 0. The summed E-state index contributed by atoms with van der Waals surface area (Å²) in [6.45, 7) is 14.0. The highest BCUT2D eigenvalue weighted by Crippen LogP contribution is 2.17. The highest BCUT2D eigenvalue weighted by molar-refractivity contribution is 5.46. The van der Waals surface area contributed by atoms with Crippen LogP contribution in [0.3, 0.4) is 0 Å². The molecule has 0 aromatic carbocycles. The van der Waals surface area contributed by atoms with Crippen LogP contribution < -0.4 is 10.2 Å². The van der Waals surface area contributed by atoms with Gasteiger partial charge in [0.25, 0.3) is 0 Å². The predicted octanol–water partition coefficient (Wildman–Crippen LogP) is 3.23. The first-order chi connectivity index (χ1) is 8.90. The minimum atomic E-state index is 0.651. The van der Waals surface area contributed by atoms with Gasteiger partial charge >= 0.3 is 0 Å². The second-order valence-electron chi connectivity index (χ2n) is 6.28. The maximum Gasteiger partial charge on any atom is 0.131 e. The van der Waals surface area contributed by atoms with Crippen LogP contribution in [0.5, 0.6) is 0 Å². The molecule has 1 rings (SSSR count). The van der Waals surface area contributed by atoms with Crippen molar-refractivity contribution in [1.82, 2.24) is 10.3 Å². The van der Waals surface area contributed by atoms with Crippen LogP contribution in [0.2, 0.25) is 0 Å². The Balaban J connectivity index is 2.63. The molecule has 19 heavy (non-hydrogen) atoms. The third-order valence-corrected chi connectivity index (χ3v) is 2.99. The number of anilines is 1. The van der Waals surface area contributed by atoms with Gasteiger partial charge in [-0.1, -0.05) is 27.7 Å². The predicted molar refractivity (Wildman–Crippen MR) is 83.6 cm³/mol. The summed E-state index contributed by atoms with van der Waals surface area (Å²) in [7, 11) is 2.12. The van der Waals surface area contributed by atoms with E-state index < -0.39 is 0 Å². The Bertz CT molecular complexity index is 386. The van der Waals surface area contributed by atoms with E-state index in [0.29, 0.717) is 11.8 Å². The van der Waals surface area contributed by atoms with Crippen molar-refractivity contribution in [1.29, 1.82) is 0 Å². The molecule has 108 valence electrons. The van der Waals surface area contributed by atoms with Crippen molar-refractivity contribution in [3.8, 4) is 0 Å². The summed E-state index contributed by atoms with van der Waals surface area (Å²) in [6, 6.07) is 2.24. The topological polar surface area (TPSA) is 28.2 Å². The molecule has 0 atom stereocenters. The smallest absolute Gasteiger partial charge is 0.131 e. The molecular formula is C16H29N3. The fourth-order valence-electron chi connectivity index (χ4n) is 2.26. The van der Waals surface area contributed by atoms with Crippen molar-refractivity contribution < 1.29 is 0 Å². The lowest BCUT2D eigenvalue weighted by Crippen LogP contribution is -2.24. The van der Waals surface area contributed by atoms with Crippen LogP contribution in [-0.2, 0) is 6.54 Å². The van der Waals surface area contributed by atoms with Gasteiger partial charge in [0.15, 0.2) is 0 Å². The maximum absolute atomic E-state index is 4.61. The van der Waals surface area contributed by atoms with Crippen molar-refractivity contribution in [2.45, 2.75) is 41.2 Å². The van der Waals surface area contributed by atoms with E-state index in [4.69, 9.17) is 0 Å². The Labute approximate surface area is 118 Å². The summed E-state index contributed by atoms with van der Waals surface area (Å²) in [4.78, 5) is 6.86. The van der Waals surface area contributed by atoms with E-state index in [1.165, 1.54) is 11.1 Å². The van der Waals surface area contributed by atoms with Crippen LogP contribution in [0.15, 0.2) is 12.3 Å². The number of rotatable bonds is 7. The zero-order chi connectivity index (χ0) is 14.4. The zero-order valence-corrected chi connectivity index (χ0v) is 13.3. The molecule has 0 aliphatic rings. The van der Waals surface area contributed by atoms with Crippen LogP contribution in [0, 0.1) is 18.8 Å². The van der Waals surface area contributed by atoms with Crippen molar-refractivity contribution in [3.05, 3.63) is 23.4 Å². The molecule has 0 unspecified atom stereocenters. The van der Waals surface area contributed by atoms with Crippen LogP contribution >= 0.6 is 0 Å². The van der Waals surface area contributed by atoms with E-state index in [0.717, 1.165) is 25.5 Å². The number of hydrogen-bond donors (Lipinski definition) is 1. The molecule has 1 aromatic heterocycles. The van der Waals surface area contributed by atoms with Crippen LogP contribution in [-0.4, -0.2) is 25.1 Å². The van der Waals surface area contributed by atoms with E-state index >= 15 is 0 Å². The van der Waals surface area contributed by atoms with E-state index in [-0.39, 0.29) is 0 Å². The van der Waals surface area contributed by atoms with E-state index in [9.17, 15) is 0 Å². The first kappa shape index (κ1) is 16.0. The molecule has 0 aliphatic heterocycles. The maximum atomic E-state index is 4.61. The molecule has 1 heterocycles. The molecule has 0 saturated carbocycles. The Hall–Kier alpha value is -1.09. The fraction of sp³-hybridized carbons (Fsp3) is 0.688. The van der Waals surface area contributed by atoms with Crippen LogP contribution in [0.25, 0.3) is 0 Å². The zero-order valence-electron chi connectivity index (χ0n) is 13.3. The number of hydrogen-bond acceptors (Lipinski definition) is 3. The third-order valence-electron chi connectivity index (χ3n) is 2.99. The normalized spacial score (nSPS) is 11.4. The standard InChI is InChI=1S/C16H29N3/c1-12(2)8-17-9-15-7-14(5)16(18-10-15)19(6)11-13(3)4/h7,10,12-13,17H,8-9,11H2,1-6H3. The minimum absolute atomic E-state index is 0.651. The molecule has 3 nitrogen and oxygen atoms in total. The number of nitrogens with one attached hydrogen (secondary N) is 1. The SMILES string of the molecule is Cc1cc(CNCC(C)C)cnc1N(C)CC(C)C. The van der Waals surface area contributed by atoms with Gasteiger partial charge in [-0.3, -0.25) is 0 Å². The Morgan fingerprint density at radius 2 is 1.89 bits per heavy atom. The monoisotopic (exact) mass is 263 g/mol. The molecule has 0 spiro atoms. The highest BCUT2D eigenvalue weighted by Gasteiger charge is 2.08. The summed E-state index contributed by atoms with van der Waals surface area (Å²) in [5.74, 6) is 2.44. The van der Waals surface area contributed by atoms with E-state index in [1.54, 1.807) is 0 Å². The van der Waals surface area contributed by atoms with Gasteiger partial charge in [-0.25, -0.2) is 4.98 Å². The molecule has 0 aliphatic carbocycles. The van der Waals surface area contributed by atoms with Crippen molar-refractivity contribution in [2.75, 3.05) is 25.0 Å². The first-order valence-corrected chi connectivity index (χ1v) is 7.27. The molecule has 3 heteroatoms. The van der Waals surface area contributed by atoms with Gasteiger partial charge in [0, 0.05) is 26.3 Å². The van der Waals surface area contributed by atoms with Crippen molar-refractivity contribution >= 4 is 5.82 Å². The molecule has 0 fully saturated rings. The van der Waals surface area contributed by atoms with Gasteiger partial charge in [-0.2, -0.15) is 0 Å². The van der Waals surface area contributed by atoms with Crippen molar-refractivity contribution in [2.24, 2.45) is 11.8 Å². The van der Waals surface area contributed by atoms with Gasteiger partial charge < -0.3 is 10.2 Å². The average molecular weight is 263 g/mol. The van der Waals surface area contributed by atoms with Gasteiger partial charge in [0.2, 0.25) is 0 Å². The molecule has 0 radical (unpaired) electrons. The summed E-state index contributed by atoms with van der Waals surface area (Å²) >= 11 is 0. The summed E-state index contributed by atoms with van der Waals surface area (Å²) in [5, 5.41) is 3.46. The summed E-state index contributed by atoms with van der Waals surface area (Å²) in [5.41, 5.74) is 2.52.